The summed E-state index contributed by atoms with van der Waals surface area (Å²) in [7, 11) is -3.55. The molecule has 0 spiro atoms. The van der Waals surface area contributed by atoms with Crippen molar-refractivity contribution >= 4 is 26.3 Å². The molecule has 0 atom stereocenters. The van der Waals surface area contributed by atoms with Crippen molar-refractivity contribution in [3.63, 3.8) is 0 Å². The molecule has 0 aliphatic carbocycles. The topological polar surface area (TPSA) is 76.4 Å². The van der Waals surface area contributed by atoms with Gasteiger partial charge in [-0.3, -0.25) is 0 Å². The molecular formula is C21H22N4O2S2. The van der Waals surface area contributed by atoms with Crippen LogP contribution in [0.4, 0.5) is 0 Å². The van der Waals surface area contributed by atoms with Gasteiger partial charge >= 0.3 is 0 Å². The average Bonchev–Trinajstić information content (AvgIpc) is 3.26. The number of benzene rings is 2. The molecule has 150 valence electrons. The highest BCUT2D eigenvalue weighted by Gasteiger charge is 2.17. The van der Waals surface area contributed by atoms with E-state index in [9.17, 15) is 8.42 Å². The summed E-state index contributed by atoms with van der Waals surface area (Å²) in [6, 6.07) is 13.5. The van der Waals surface area contributed by atoms with Crippen molar-refractivity contribution in [3.8, 4) is 11.4 Å². The van der Waals surface area contributed by atoms with E-state index in [2.05, 4.69) is 14.8 Å². The van der Waals surface area contributed by atoms with Gasteiger partial charge in [0.2, 0.25) is 15.0 Å². The Kier molecular flexibility index (Phi) is 5.24. The standard InChI is InChI=1S/C21H22N4O2S2/c1-14-5-8-17(9-6-14)20-23-21-25(24-20)18(13-28-21)10-11-22-29(26,27)19-12-15(2)4-7-16(19)3/h4-9,12-13,22H,10-11H2,1-3H3. The third kappa shape index (κ3) is 4.10. The molecule has 8 heteroatoms. The van der Waals surface area contributed by atoms with Crippen LogP contribution < -0.4 is 4.72 Å². The molecule has 0 aliphatic rings. The molecule has 1 N–H and O–H groups in total. The first-order valence-corrected chi connectivity index (χ1v) is 11.7. The van der Waals surface area contributed by atoms with E-state index >= 15 is 0 Å². The lowest BCUT2D eigenvalue weighted by molar-refractivity contribution is 0.580. The molecule has 0 bridgehead atoms. The van der Waals surface area contributed by atoms with E-state index in [0.717, 1.165) is 27.3 Å². The van der Waals surface area contributed by atoms with E-state index < -0.39 is 10.0 Å². The second-order valence-electron chi connectivity index (χ2n) is 7.14. The van der Waals surface area contributed by atoms with Gasteiger partial charge < -0.3 is 0 Å². The minimum Gasteiger partial charge on any atom is -0.211 e. The third-order valence-electron chi connectivity index (χ3n) is 4.77. The second-order valence-corrected chi connectivity index (χ2v) is 9.71. The van der Waals surface area contributed by atoms with Gasteiger partial charge in [-0.2, -0.15) is 4.98 Å². The van der Waals surface area contributed by atoms with E-state index in [-0.39, 0.29) is 0 Å². The summed E-state index contributed by atoms with van der Waals surface area (Å²) in [5.74, 6) is 0.675. The van der Waals surface area contributed by atoms with Gasteiger partial charge in [0.25, 0.3) is 0 Å². The molecule has 0 radical (unpaired) electrons. The van der Waals surface area contributed by atoms with E-state index in [0.29, 0.717) is 23.7 Å². The number of aryl methyl sites for hydroxylation is 3. The van der Waals surface area contributed by atoms with Crippen LogP contribution in [0.3, 0.4) is 0 Å². The normalized spacial score (nSPS) is 12.0. The molecule has 2 heterocycles. The molecule has 0 unspecified atom stereocenters. The highest BCUT2D eigenvalue weighted by atomic mass is 32.2. The molecular weight excluding hydrogens is 404 g/mol. The van der Waals surface area contributed by atoms with Crippen molar-refractivity contribution in [2.24, 2.45) is 0 Å². The summed E-state index contributed by atoms with van der Waals surface area (Å²) in [5, 5.41) is 6.58. The van der Waals surface area contributed by atoms with Crippen molar-refractivity contribution in [1.82, 2.24) is 19.3 Å². The number of sulfonamides is 1. The van der Waals surface area contributed by atoms with Crippen molar-refractivity contribution in [3.05, 3.63) is 70.2 Å². The Morgan fingerprint density at radius 3 is 2.52 bits per heavy atom. The van der Waals surface area contributed by atoms with Gasteiger partial charge in [-0.1, -0.05) is 42.0 Å². The zero-order valence-corrected chi connectivity index (χ0v) is 18.1. The van der Waals surface area contributed by atoms with E-state index in [1.807, 2.05) is 55.6 Å². The third-order valence-corrected chi connectivity index (χ3v) is 7.23. The maximum Gasteiger partial charge on any atom is 0.240 e. The fourth-order valence-corrected chi connectivity index (χ4v) is 5.33. The zero-order chi connectivity index (χ0) is 20.6. The molecule has 0 saturated carbocycles. The van der Waals surface area contributed by atoms with Gasteiger partial charge in [-0.15, -0.1) is 16.4 Å². The molecule has 0 saturated heterocycles. The number of fused-ring (bicyclic) bond motifs is 1. The number of rotatable bonds is 6. The number of aromatic nitrogens is 3. The number of hydrogen-bond donors (Lipinski definition) is 1. The Morgan fingerprint density at radius 1 is 1.03 bits per heavy atom. The summed E-state index contributed by atoms with van der Waals surface area (Å²) in [4.78, 5) is 5.72. The second kappa shape index (κ2) is 7.70. The Hall–Kier alpha value is -2.55. The fourth-order valence-electron chi connectivity index (χ4n) is 3.11. The van der Waals surface area contributed by atoms with Gasteiger partial charge in [-0.25, -0.2) is 17.7 Å². The number of nitrogens with one attached hydrogen (secondary N) is 1. The van der Waals surface area contributed by atoms with Gasteiger partial charge in [0, 0.05) is 23.9 Å². The molecule has 6 nitrogen and oxygen atoms in total. The Morgan fingerprint density at radius 2 is 1.76 bits per heavy atom. The van der Waals surface area contributed by atoms with Crippen LogP contribution in [-0.2, 0) is 16.4 Å². The van der Waals surface area contributed by atoms with Gasteiger partial charge in [0.15, 0.2) is 5.82 Å². The summed E-state index contributed by atoms with van der Waals surface area (Å²) >= 11 is 1.50. The van der Waals surface area contributed by atoms with Crippen LogP contribution in [0.2, 0.25) is 0 Å². The minimum atomic E-state index is -3.55. The largest absolute Gasteiger partial charge is 0.240 e. The van der Waals surface area contributed by atoms with Crippen LogP contribution in [0.15, 0.2) is 52.7 Å². The molecule has 0 fully saturated rings. The van der Waals surface area contributed by atoms with E-state index in [4.69, 9.17) is 0 Å². The molecule has 2 aromatic carbocycles. The molecule has 0 aliphatic heterocycles. The number of thiazole rings is 1. The summed E-state index contributed by atoms with van der Waals surface area (Å²) in [6.45, 7) is 6.02. The lowest BCUT2D eigenvalue weighted by Gasteiger charge is -2.10. The molecule has 2 aromatic heterocycles. The minimum absolute atomic E-state index is 0.293. The zero-order valence-electron chi connectivity index (χ0n) is 16.5. The summed E-state index contributed by atoms with van der Waals surface area (Å²) in [6.07, 6.45) is 0.529. The maximum atomic E-state index is 12.7. The van der Waals surface area contributed by atoms with Crippen molar-refractivity contribution < 1.29 is 8.42 Å². The molecule has 4 rings (SSSR count). The number of nitrogens with zero attached hydrogens (tertiary/aromatic N) is 3. The van der Waals surface area contributed by atoms with Crippen LogP contribution in [0.25, 0.3) is 16.3 Å². The van der Waals surface area contributed by atoms with Crippen LogP contribution >= 0.6 is 11.3 Å². The van der Waals surface area contributed by atoms with Crippen LogP contribution in [0.1, 0.15) is 22.4 Å². The SMILES string of the molecule is Cc1ccc(-c2nc3scc(CCNS(=O)(=O)c4cc(C)ccc4C)n3n2)cc1. The van der Waals surface area contributed by atoms with Gasteiger partial charge in [0.1, 0.15) is 0 Å². The fraction of sp³-hybridized carbons (Fsp3) is 0.238. The average molecular weight is 427 g/mol. The summed E-state index contributed by atoms with van der Waals surface area (Å²) < 4.78 is 29.8. The first-order chi connectivity index (χ1) is 13.8. The predicted molar refractivity (Wildman–Crippen MR) is 116 cm³/mol. The lowest BCUT2D eigenvalue weighted by atomic mass is 10.1. The smallest absolute Gasteiger partial charge is 0.211 e. The molecule has 4 aromatic rings. The Balaban J connectivity index is 1.50. The number of hydrogen-bond acceptors (Lipinski definition) is 5. The molecule has 0 amide bonds. The monoisotopic (exact) mass is 426 g/mol. The van der Waals surface area contributed by atoms with Crippen LogP contribution in [-0.4, -0.2) is 29.6 Å². The van der Waals surface area contributed by atoms with Crippen molar-refractivity contribution in [2.45, 2.75) is 32.1 Å². The first-order valence-electron chi connectivity index (χ1n) is 9.30. The Labute approximate surface area is 174 Å². The van der Waals surface area contributed by atoms with Crippen LogP contribution in [0.5, 0.6) is 0 Å². The highest BCUT2D eigenvalue weighted by molar-refractivity contribution is 7.89. The van der Waals surface area contributed by atoms with Gasteiger partial charge in [-0.05, 0) is 38.0 Å². The highest BCUT2D eigenvalue weighted by Crippen LogP contribution is 2.22. The van der Waals surface area contributed by atoms with Crippen molar-refractivity contribution in [1.29, 1.82) is 0 Å². The van der Waals surface area contributed by atoms with Gasteiger partial charge in [0.05, 0.1) is 10.6 Å². The quantitative estimate of drug-likeness (QED) is 0.507. The first kappa shape index (κ1) is 19.8. The predicted octanol–water partition coefficient (Wildman–Crippen LogP) is 3.90. The maximum absolute atomic E-state index is 12.7. The van der Waals surface area contributed by atoms with Crippen LogP contribution in [0, 0.1) is 20.8 Å². The lowest BCUT2D eigenvalue weighted by Crippen LogP contribution is -2.27. The van der Waals surface area contributed by atoms with E-state index in [1.165, 1.54) is 16.9 Å². The van der Waals surface area contributed by atoms with Crippen molar-refractivity contribution in [2.75, 3.05) is 6.54 Å². The van der Waals surface area contributed by atoms with E-state index in [1.54, 1.807) is 17.5 Å². The Bertz CT molecular complexity index is 1270. The summed E-state index contributed by atoms with van der Waals surface area (Å²) in [5.41, 5.74) is 4.74. The molecule has 29 heavy (non-hydrogen) atoms.